The molecule has 2 heterocycles. The lowest BCUT2D eigenvalue weighted by molar-refractivity contribution is -0.117. The molecule has 148 valence electrons. The summed E-state index contributed by atoms with van der Waals surface area (Å²) in [6.07, 6.45) is 1.60. The van der Waals surface area contributed by atoms with Crippen LogP contribution in [0.4, 0.5) is 5.13 Å². The lowest BCUT2D eigenvalue weighted by Crippen LogP contribution is -2.06. The van der Waals surface area contributed by atoms with E-state index in [9.17, 15) is 4.79 Å². The van der Waals surface area contributed by atoms with Crippen LogP contribution in [0.1, 0.15) is 23.9 Å². The van der Waals surface area contributed by atoms with E-state index in [1.807, 2.05) is 42.5 Å². The minimum absolute atomic E-state index is 0.104. The maximum Gasteiger partial charge on any atom is 0.181 e. The highest BCUT2D eigenvalue weighted by molar-refractivity contribution is 7.22. The Bertz CT molecular complexity index is 1140. The summed E-state index contributed by atoms with van der Waals surface area (Å²) in [6, 6.07) is 13.6. The van der Waals surface area contributed by atoms with Crippen LogP contribution in [0.2, 0.25) is 0 Å². The highest BCUT2D eigenvalue weighted by atomic mass is 32.1. The van der Waals surface area contributed by atoms with Gasteiger partial charge in [-0.25, -0.2) is 4.98 Å². The van der Waals surface area contributed by atoms with Gasteiger partial charge >= 0.3 is 0 Å². The fourth-order valence-electron chi connectivity index (χ4n) is 2.91. The van der Waals surface area contributed by atoms with Crippen LogP contribution in [-0.2, 0) is 17.6 Å². The summed E-state index contributed by atoms with van der Waals surface area (Å²) < 4.78 is 6.60. The maximum atomic E-state index is 12.5. The molecular weight excluding hydrogens is 404 g/mol. The zero-order chi connectivity index (χ0) is 20.2. The Morgan fingerprint density at radius 2 is 1.90 bits per heavy atom. The molecule has 8 heteroatoms. The number of nitrogens with zero attached hydrogens (tertiary/aromatic N) is 3. The monoisotopic (exact) mass is 424 g/mol. The molecule has 0 aliphatic carbocycles. The van der Waals surface area contributed by atoms with Crippen molar-refractivity contribution in [2.75, 3.05) is 12.3 Å². The second-order valence-electron chi connectivity index (χ2n) is 6.62. The van der Waals surface area contributed by atoms with E-state index in [-0.39, 0.29) is 12.2 Å². The summed E-state index contributed by atoms with van der Waals surface area (Å²) in [6.45, 7) is 2.78. The summed E-state index contributed by atoms with van der Waals surface area (Å²) in [5.74, 6) is 0.947. The number of thiazole rings is 1. The molecule has 2 N–H and O–H groups in total. The largest absolute Gasteiger partial charge is 0.494 e. The van der Waals surface area contributed by atoms with Gasteiger partial charge in [0.25, 0.3) is 0 Å². The molecule has 4 aromatic rings. The third-order valence-electron chi connectivity index (χ3n) is 4.26. The molecule has 0 radical (unpaired) electrons. The minimum Gasteiger partial charge on any atom is -0.494 e. The fourth-order valence-corrected chi connectivity index (χ4v) is 4.58. The number of ketones is 1. The van der Waals surface area contributed by atoms with Crippen LogP contribution >= 0.6 is 22.7 Å². The van der Waals surface area contributed by atoms with Gasteiger partial charge in [-0.1, -0.05) is 35.7 Å². The normalized spacial score (nSPS) is 11.1. The van der Waals surface area contributed by atoms with E-state index in [1.54, 1.807) is 0 Å². The molecule has 4 rings (SSSR count). The average Bonchev–Trinajstić information content (AvgIpc) is 3.32. The number of carbonyl (C=O) groups excluding carboxylic acids is 1. The average molecular weight is 425 g/mol. The Morgan fingerprint density at radius 3 is 2.69 bits per heavy atom. The van der Waals surface area contributed by atoms with E-state index < -0.39 is 0 Å². The van der Waals surface area contributed by atoms with Crippen molar-refractivity contribution in [3.63, 3.8) is 0 Å². The summed E-state index contributed by atoms with van der Waals surface area (Å²) in [7, 11) is 0. The van der Waals surface area contributed by atoms with Gasteiger partial charge in [0.1, 0.15) is 21.5 Å². The van der Waals surface area contributed by atoms with Crippen LogP contribution < -0.4 is 10.5 Å². The first-order chi connectivity index (χ1) is 14.1. The summed E-state index contributed by atoms with van der Waals surface area (Å²) in [4.78, 5) is 16.7. The number of ether oxygens (including phenoxy) is 1. The van der Waals surface area contributed by atoms with Gasteiger partial charge in [-0.3, -0.25) is 4.79 Å². The van der Waals surface area contributed by atoms with Gasteiger partial charge in [0.05, 0.1) is 23.2 Å². The first-order valence-electron chi connectivity index (χ1n) is 9.33. The Balaban J connectivity index is 1.39. The highest BCUT2D eigenvalue weighted by Crippen LogP contribution is 2.27. The fraction of sp³-hybridized carbons (Fsp3) is 0.238. The van der Waals surface area contributed by atoms with Crippen molar-refractivity contribution in [3.05, 3.63) is 53.0 Å². The second-order valence-corrected chi connectivity index (χ2v) is 8.74. The van der Waals surface area contributed by atoms with E-state index in [4.69, 9.17) is 10.5 Å². The van der Waals surface area contributed by atoms with E-state index in [0.717, 1.165) is 43.5 Å². The number of nitrogens with two attached hydrogens (primary N) is 1. The van der Waals surface area contributed by atoms with Gasteiger partial charge in [0.15, 0.2) is 5.13 Å². The molecule has 6 nitrogen and oxygen atoms in total. The van der Waals surface area contributed by atoms with Crippen molar-refractivity contribution in [2.45, 2.75) is 26.2 Å². The SMILES string of the molecule is CCCOc1ccc(-c2nnc(CC(=O)Cc3ccc4nc(N)sc4c3)s2)cc1. The predicted octanol–water partition coefficient (Wildman–Crippen LogP) is 4.54. The van der Waals surface area contributed by atoms with Crippen molar-refractivity contribution in [2.24, 2.45) is 0 Å². The molecule has 0 aliphatic heterocycles. The van der Waals surface area contributed by atoms with Crippen molar-refractivity contribution >= 4 is 43.8 Å². The van der Waals surface area contributed by atoms with Crippen LogP contribution in [0.15, 0.2) is 42.5 Å². The topological polar surface area (TPSA) is 91.0 Å². The van der Waals surface area contributed by atoms with Gasteiger partial charge in [-0.2, -0.15) is 0 Å². The Morgan fingerprint density at radius 1 is 1.07 bits per heavy atom. The van der Waals surface area contributed by atoms with Gasteiger partial charge in [0.2, 0.25) is 0 Å². The van der Waals surface area contributed by atoms with E-state index in [1.165, 1.54) is 22.7 Å². The van der Waals surface area contributed by atoms with Crippen molar-refractivity contribution < 1.29 is 9.53 Å². The number of aromatic nitrogens is 3. The first kappa shape index (κ1) is 19.5. The number of fused-ring (bicyclic) bond motifs is 1. The predicted molar refractivity (Wildman–Crippen MR) is 118 cm³/mol. The third kappa shape index (κ3) is 4.78. The third-order valence-corrected chi connectivity index (χ3v) is 6.08. The summed E-state index contributed by atoms with van der Waals surface area (Å²) in [5, 5.41) is 10.5. The molecule has 0 aliphatic rings. The van der Waals surface area contributed by atoms with E-state index in [0.29, 0.717) is 18.2 Å². The number of hydrogen-bond donors (Lipinski definition) is 1. The number of Topliss-reactive ketones (excluding diaryl/α,β-unsaturated/α-hetero) is 1. The summed E-state index contributed by atoms with van der Waals surface area (Å²) >= 11 is 2.88. The number of carbonyl (C=O) groups is 1. The number of hydrogen-bond acceptors (Lipinski definition) is 8. The Kier molecular flexibility index (Phi) is 5.82. The molecule has 0 atom stereocenters. The quantitative estimate of drug-likeness (QED) is 0.446. The van der Waals surface area contributed by atoms with Crippen LogP contribution in [-0.4, -0.2) is 27.6 Å². The lowest BCUT2D eigenvalue weighted by Gasteiger charge is -2.04. The van der Waals surface area contributed by atoms with Gasteiger partial charge in [0, 0.05) is 12.0 Å². The van der Waals surface area contributed by atoms with E-state index in [2.05, 4.69) is 22.1 Å². The van der Waals surface area contributed by atoms with Crippen LogP contribution in [0, 0.1) is 0 Å². The molecule has 0 saturated carbocycles. The molecular formula is C21H20N4O2S2. The molecule has 0 unspecified atom stereocenters. The minimum atomic E-state index is 0.104. The van der Waals surface area contributed by atoms with E-state index >= 15 is 0 Å². The number of benzene rings is 2. The number of nitrogen functional groups attached to an aromatic ring is 1. The van der Waals surface area contributed by atoms with Crippen molar-refractivity contribution in [1.82, 2.24) is 15.2 Å². The molecule has 0 spiro atoms. The second kappa shape index (κ2) is 8.67. The zero-order valence-electron chi connectivity index (χ0n) is 15.9. The molecule has 2 aromatic carbocycles. The van der Waals surface area contributed by atoms with Crippen molar-refractivity contribution in [1.29, 1.82) is 0 Å². The first-order valence-corrected chi connectivity index (χ1v) is 11.0. The lowest BCUT2D eigenvalue weighted by atomic mass is 10.1. The molecule has 0 fully saturated rings. The highest BCUT2D eigenvalue weighted by Gasteiger charge is 2.12. The Hall–Kier alpha value is -2.84. The maximum absolute atomic E-state index is 12.5. The van der Waals surface area contributed by atoms with Crippen LogP contribution in [0.5, 0.6) is 5.75 Å². The molecule has 0 saturated heterocycles. The number of anilines is 1. The van der Waals surface area contributed by atoms with Gasteiger partial charge < -0.3 is 10.5 Å². The molecule has 29 heavy (non-hydrogen) atoms. The van der Waals surface area contributed by atoms with Crippen LogP contribution in [0.3, 0.4) is 0 Å². The van der Waals surface area contributed by atoms with Crippen molar-refractivity contribution in [3.8, 4) is 16.3 Å². The van der Waals surface area contributed by atoms with Gasteiger partial charge in [-0.05, 0) is 48.4 Å². The number of rotatable bonds is 8. The van der Waals surface area contributed by atoms with Crippen LogP contribution in [0.25, 0.3) is 20.8 Å². The molecule has 0 bridgehead atoms. The zero-order valence-corrected chi connectivity index (χ0v) is 17.6. The smallest absolute Gasteiger partial charge is 0.181 e. The molecule has 2 aromatic heterocycles. The standard InChI is InChI=1S/C21H20N4O2S2/c1-2-9-27-16-6-4-14(5-7-16)20-25-24-19(29-20)12-15(26)10-13-3-8-17-18(11-13)28-21(22)23-17/h3-8,11H,2,9-10,12H2,1H3,(H2,22,23). The van der Waals surface area contributed by atoms with Gasteiger partial charge in [-0.15, -0.1) is 10.2 Å². The summed E-state index contributed by atoms with van der Waals surface area (Å²) in [5.41, 5.74) is 8.54. The Labute approximate surface area is 176 Å². The molecule has 0 amide bonds.